The second kappa shape index (κ2) is 9.43. The number of nitrogens with two attached hydrogens (primary N) is 1. The fraction of sp³-hybridized carbons (Fsp3) is 0.111. The largest absolute Gasteiger partial charge is 0.484 e. The van der Waals surface area contributed by atoms with Gasteiger partial charge in [-0.05, 0) is 35.4 Å². The van der Waals surface area contributed by atoms with Crippen LogP contribution in [0.1, 0.15) is 5.56 Å². The van der Waals surface area contributed by atoms with E-state index in [1.807, 2.05) is 24.3 Å². The number of nitriles is 1. The molecule has 138 valence electrons. The number of nitrogens with one attached hydrogen (secondary N) is 3. The van der Waals surface area contributed by atoms with Crippen LogP contribution in [0.5, 0.6) is 5.75 Å². The van der Waals surface area contributed by atoms with E-state index >= 15 is 0 Å². The Kier molecular flexibility index (Phi) is 6.73. The molecular weight excluding hydrogens is 350 g/mol. The first-order valence-corrected chi connectivity index (χ1v) is 7.82. The second-order valence-electron chi connectivity index (χ2n) is 5.32. The Labute approximate surface area is 155 Å². The molecule has 0 saturated heterocycles. The van der Waals surface area contributed by atoms with Crippen LogP contribution >= 0.6 is 0 Å². The number of primary amides is 1. The van der Waals surface area contributed by atoms with Gasteiger partial charge in [-0.25, -0.2) is 4.79 Å². The van der Waals surface area contributed by atoms with Crippen molar-refractivity contribution in [3.63, 3.8) is 0 Å². The molecular formula is C18H17N5O4. The second-order valence-corrected chi connectivity index (χ2v) is 5.32. The molecule has 0 aromatic heterocycles. The van der Waals surface area contributed by atoms with Gasteiger partial charge in [0.2, 0.25) is 0 Å². The normalized spacial score (nSPS) is 9.59. The number of carbonyl (C=O) groups excluding carboxylic acids is 3. The van der Waals surface area contributed by atoms with Crippen molar-refractivity contribution in [2.75, 3.05) is 13.2 Å². The zero-order valence-electron chi connectivity index (χ0n) is 14.2. The summed E-state index contributed by atoms with van der Waals surface area (Å²) in [6.07, 6.45) is 0. The van der Waals surface area contributed by atoms with E-state index in [1.54, 1.807) is 24.3 Å². The van der Waals surface area contributed by atoms with E-state index in [1.165, 1.54) is 0 Å². The molecule has 0 spiro atoms. The summed E-state index contributed by atoms with van der Waals surface area (Å²) >= 11 is 0. The predicted octanol–water partition coefficient (Wildman–Crippen LogP) is 0.420. The van der Waals surface area contributed by atoms with Crippen LogP contribution in [0.4, 0.5) is 4.79 Å². The van der Waals surface area contributed by atoms with Crippen LogP contribution in [0.2, 0.25) is 0 Å². The fourth-order valence-electron chi connectivity index (χ4n) is 2.02. The number of urea groups is 1. The number of carbonyl (C=O) groups is 3. The minimum absolute atomic E-state index is 0.306. The van der Waals surface area contributed by atoms with Crippen molar-refractivity contribution in [3.05, 3.63) is 54.1 Å². The van der Waals surface area contributed by atoms with Gasteiger partial charge < -0.3 is 15.8 Å². The first-order chi connectivity index (χ1) is 13.0. The molecule has 0 atom stereocenters. The van der Waals surface area contributed by atoms with Crippen LogP contribution in [0.15, 0.2) is 48.5 Å². The quantitative estimate of drug-likeness (QED) is 0.547. The summed E-state index contributed by atoms with van der Waals surface area (Å²) in [5.74, 6) is -0.725. The Morgan fingerprint density at radius 1 is 0.926 bits per heavy atom. The number of ether oxygens (including phenoxy) is 1. The molecule has 0 aliphatic rings. The van der Waals surface area contributed by atoms with Gasteiger partial charge in [0.05, 0.1) is 11.6 Å². The molecule has 2 aromatic rings. The third-order valence-corrected chi connectivity index (χ3v) is 3.34. The molecule has 0 fully saturated rings. The van der Waals surface area contributed by atoms with Crippen molar-refractivity contribution < 1.29 is 19.1 Å². The standard InChI is InChI=1S/C18H17N5O4/c19-9-12-1-3-13(4-2-12)14-5-7-15(8-6-14)27-11-17(25)23-22-16(24)10-21-18(20)26/h1-8H,10-11H2,(H,22,24)(H,23,25)(H3,20,21,26). The van der Waals surface area contributed by atoms with E-state index < -0.39 is 17.8 Å². The van der Waals surface area contributed by atoms with Crippen LogP contribution in [0, 0.1) is 11.3 Å². The minimum atomic E-state index is -0.843. The highest BCUT2D eigenvalue weighted by atomic mass is 16.5. The average molecular weight is 367 g/mol. The van der Waals surface area contributed by atoms with Gasteiger partial charge in [-0.1, -0.05) is 24.3 Å². The van der Waals surface area contributed by atoms with Gasteiger partial charge in [0.25, 0.3) is 11.8 Å². The summed E-state index contributed by atoms with van der Waals surface area (Å²) in [6.45, 7) is -0.660. The zero-order valence-corrected chi connectivity index (χ0v) is 14.2. The first-order valence-electron chi connectivity index (χ1n) is 7.82. The van der Waals surface area contributed by atoms with Gasteiger partial charge in [-0.2, -0.15) is 5.26 Å². The summed E-state index contributed by atoms with van der Waals surface area (Å²) in [5.41, 5.74) is 11.5. The first kappa shape index (κ1) is 19.3. The lowest BCUT2D eigenvalue weighted by molar-refractivity contribution is -0.129. The van der Waals surface area contributed by atoms with Crippen LogP contribution in [0.25, 0.3) is 11.1 Å². The van der Waals surface area contributed by atoms with Crippen LogP contribution in [-0.2, 0) is 9.59 Å². The van der Waals surface area contributed by atoms with Gasteiger partial charge in [-0.15, -0.1) is 0 Å². The topological polar surface area (TPSA) is 146 Å². The fourth-order valence-corrected chi connectivity index (χ4v) is 2.02. The van der Waals surface area contributed by atoms with Crippen molar-refractivity contribution in [2.24, 2.45) is 5.73 Å². The van der Waals surface area contributed by atoms with Crippen molar-refractivity contribution in [2.45, 2.75) is 0 Å². The third-order valence-electron chi connectivity index (χ3n) is 3.34. The van der Waals surface area contributed by atoms with Gasteiger partial charge in [-0.3, -0.25) is 20.4 Å². The molecule has 5 N–H and O–H groups in total. The highest BCUT2D eigenvalue weighted by Crippen LogP contribution is 2.22. The Hall–Kier alpha value is -4.06. The van der Waals surface area contributed by atoms with Gasteiger partial charge in [0, 0.05) is 0 Å². The van der Waals surface area contributed by atoms with Crippen molar-refractivity contribution in [1.82, 2.24) is 16.2 Å². The Morgan fingerprint density at radius 3 is 2.04 bits per heavy atom. The Bertz CT molecular complexity index is 857. The number of rotatable bonds is 6. The van der Waals surface area contributed by atoms with E-state index in [4.69, 9.17) is 15.7 Å². The summed E-state index contributed by atoms with van der Waals surface area (Å²) in [5, 5.41) is 10.9. The predicted molar refractivity (Wildman–Crippen MR) is 96.0 cm³/mol. The number of hydrazine groups is 1. The molecule has 0 bridgehead atoms. The lowest BCUT2D eigenvalue weighted by Crippen LogP contribution is -2.48. The number of nitrogens with zero attached hydrogens (tertiary/aromatic N) is 1. The SMILES string of the molecule is N#Cc1ccc(-c2ccc(OCC(=O)NNC(=O)CNC(N)=O)cc2)cc1. The Morgan fingerprint density at radius 2 is 1.48 bits per heavy atom. The zero-order chi connectivity index (χ0) is 19.6. The molecule has 0 heterocycles. The van der Waals surface area contributed by atoms with Crippen molar-refractivity contribution in [1.29, 1.82) is 5.26 Å². The highest BCUT2D eigenvalue weighted by Gasteiger charge is 2.06. The summed E-state index contributed by atoms with van der Waals surface area (Å²) in [4.78, 5) is 33.4. The average Bonchev–Trinajstić information content (AvgIpc) is 2.69. The maximum atomic E-state index is 11.6. The molecule has 0 aliphatic heterocycles. The van der Waals surface area contributed by atoms with E-state index in [0.717, 1.165) is 11.1 Å². The number of hydrogen-bond donors (Lipinski definition) is 4. The monoisotopic (exact) mass is 367 g/mol. The number of hydrogen-bond acceptors (Lipinski definition) is 5. The Balaban J connectivity index is 1.79. The van der Waals surface area contributed by atoms with Crippen LogP contribution < -0.4 is 26.6 Å². The molecule has 27 heavy (non-hydrogen) atoms. The summed E-state index contributed by atoms with van der Waals surface area (Å²) in [6, 6.07) is 15.4. The maximum absolute atomic E-state index is 11.6. The van der Waals surface area contributed by atoms with Crippen LogP contribution in [0.3, 0.4) is 0 Å². The summed E-state index contributed by atoms with van der Waals surface area (Å²) < 4.78 is 5.33. The summed E-state index contributed by atoms with van der Waals surface area (Å²) in [7, 11) is 0. The van der Waals surface area contributed by atoms with Gasteiger partial charge >= 0.3 is 6.03 Å². The maximum Gasteiger partial charge on any atom is 0.312 e. The lowest BCUT2D eigenvalue weighted by Gasteiger charge is -2.09. The van der Waals surface area contributed by atoms with Gasteiger partial charge in [0.15, 0.2) is 6.61 Å². The van der Waals surface area contributed by atoms with Crippen LogP contribution in [-0.4, -0.2) is 31.0 Å². The van der Waals surface area contributed by atoms with E-state index in [2.05, 4.69) is 22.2 Å². The molecule has 0 radical (unpaired) electrons. The smallest absolute Gasteiger partial charge is 0.312 e. The minimum Gasteiger partial charge on any atom is -0.484 e. The van der Waals surface area contributed by atoms with Gasteiger partial charge in [0.1, 0.15) is 12.3 Å². The molecule has 9 heteroatoms. The van der Waals surface area contributed by atoms with Crippen molar-refractivity contribution in [3.8, 4) is 22.9 Å². The van der Waals surface area contributed by atoms with E-state index in [0.29, 0.717) is 11.3 Å². The molecule has 9 nitrogen and oxygen atoms in total. The third kappa shape index (κ3) is 6.39. The van der Waals surface area contributed by atoms with E-state index in [9.17, 15) is 14.4 Å². The molecule has 0 aliphatic carbocycles. The molecule has 2 aromatic carbocycles. The number of benzene rings is 2. The van der Waals surface area contributed by atoms with Crippen molar-refractivity contribution >= 4 is 17.8 Å². The molecule has 2 rings (SSSR count). The number of amides is 4. The molecule has 0 saturated carbocycles. The molecule has 0 unspecified atom stereocenters. The highest BCUT2D eigenvalue weighted by molar-refractivity contribution is 5.86. The molecule has 4 amide bonds. The lowest BCUT2D eigenvalue weighted by atomic mass is 10.0. The van der Waals surface area contributed by atoms with E-state index in [-0.39, 0.29) is 13.2 Å².